The molecule has 21 heavy (non-hydrogen) atoms. The van der Waals surface area contributed by atoms with Crippen LogP contribution in [0.15, 0.2) is 29.3 Å². The van der Waals surface area contributed by atoms with Gasteiger partial charge < -0.3 is 5.73 Å². The molecule has 2 aromatic rings. The highest BCUT2D eigenvalue weighted by molar-refractivity contribution is 7.92. The number of nitrogens with two attached hydrogens (primary N) is 1. The highest BCUT2D eigenvalue weighted by Gasteiger charge is 2.22. The van der Waals surface area contributed by atoms with Crippen LogP contribution in [0.25, 0.3) is 0 Å². The van der Waals surface area contributed by atoms with E-state index in [9.17, 15) is 8.42 Å². The van der Waals surface area contributed by atoms with E-state index in [-0.39, 0.29) is 4.90 Å². The van der Waals surface area contributed by atoms with Crippen LogP contribution in [0.2, 0.25) is 0 Å². The molecule has 0 aliphatic heterocycles. The number of rotatable bonds is 3. The molecule has 112 valence electrons. The number of benzene rings is 1. The summed E-state index contributed by atoms with van der Waals surface area (Å²) >= 11 is 0. The van der Waals surface area contributed by atoms with Crippen molar-refractivity contribution >= 4 is 21.5 Å². The fraction of sp³-hybridized carbons (Fsp3) is 0.267. The van der Waals surface area contributed by atoms with Crippen molar-refractivity contribution in [1.29, 1.82) is 0 Å². The normalized spacial score (nSPS) is 11.4. The standard InChI is InChI=1S/C15H19N3O2S/c1-9-5-6-13(17-8-9)18-21(19,20)15-11(3)7-10(2)14(16)12(15)4/h5-8H,16H2,1-4H3,(H,17,18). The minimum atomic E-state index is -3.72. The van der Waals surface area contributed by atoms with E-state index < -0.39 is 10.0 Å². The smallest absolute Gasteiger partial charge is 0.263 e. The number of aromatic nitrogens is 1. The first-order chi connectivity index (χ1) is 9.72. The molecule has 3 N–H and O–H groups in total. The van der Waals surface area contributed by atoms with E-state index in [1.54, 1.807) is 38.2 Å². The summed E-state index contributed by atoms with van der Waals surface area (Å²) < 4.78 is 27.7. The van der Waals surface area contributed by atoms with Crippen LogP contribution in [0, 0.1) is 27.7 Å². The van der Waals surface area contributed by atoms with Gasteiger partial charge in [0, 0.05) is 11.9 Å². The predicted molar refractivity (Wildman–Crippen MR) is 84.8 cm³/mol. The summed E-state index contributed by atoms with van der Waals surface area (Å²) in [6.45, 7) is 7.23. The zero-order valence-electron chi connectivity index (χ0n) is 12.6. The van der Waals surface area contributed by atoms with E-state index in [0.717, 1.165) is 11.1 Å². The molecular weight excluding hydrogens is 286 g/mol. The molecule has 1 heterocycles. The van der Waals surface area contributed by atoms with Crippen molar-refractivity contribution in [3.8, 4) is 0 Å². The maximum Gasteiger partial charge on any atom is 0.263 e. The molecule has 0 fully saturated rings. The topological polar surface area (TPSA) is 85.1 Å². The van der Waals surface area contributed by atoms with Gasteiger partial charge in [-0.25, -0.2) is 13.4 Å². The summed E-state index contributed by atoms with van der Waals surface area (Å²) in [5.74, 6) is 0.290. The molecule has 0 saturated heterocycles. The van der Waals surface area contributed by atoms with Crippen molar-refractivity contribution in [2.75, 3.05) is 10.5 Å². The van der Waals surface area contributed by atoms with Gasteiger partial charge in [0.2, 0.25) is 0 Å². The van der Waals surface area contributed by atoms with Gasteiger partial charge >= 0.3 is 0 Å². The second-order valence-electron chi connectivity index (χ2n) is 5.20. The lowest BCUT2D eigenvalue weighted by molar-refractivity contribution is 0.600. The summed E-state index contributed by atoms with van der Waals surface area (Å²) in [7, 11) is -3.72. The average Bonchev–Trinajstić information content (AvgIpc) is 2.38. The minimum Gasteiger partial charge on any atom is -0.398 e. The van der Waals surface area contributed by atoms with Gasteiger partial charge in [0.15, 0.2) is 0 Å². The van der Waals surface area contributed by atoms with E-state index in [1.807, 2.05) is 13.8 Å². The largest absolute Gasteiger partial charge is 0.398 e. The van der Waals surface area contributed by atoms with Crippen molar-refractivity contribution in [2.45, 2.75) is 32.6 Å². The van der Waals surface area contributed by atoms with Crippen LogP contribution in [0.3, 0.4) is 0 Å². The summed E-state index contributed by atoms with van der Waals surface area (Å²) in [5.41, 5.74) is 9.51. The van der Waals surface area contributed by atoms with Crippen molar-refractivity contribution in [3.05, 3.63) is 46.6 Å². The Balaban J connectivity index is 2.50. The molecule has 2 rings (SSSR count). The molecule has 0 aliphatic rings. The van der Waals surface area contributed by atoms with E-state index in [2.05, 4.69) is 9.71 Å². The molecule has 0 saturated carbocycles. The highest BCUT2D eigenvalue weighted by atomic mass is 32.2. The fourth-order valence-electron chi connectivity index (χ4n) is 2.31. The van der Waals surface area contributed by atoms with Gasteiger partial charge in [-0.15, -0.1) is 0 Å². The number of anilines is 2. The van der Waals surface area contributed by atoms with Gasteiger partial charge in [0.05, 0.1) is 4.90 Å². The number of aryl methyl sites for hydroxylation is 3. The molecule has 1 aromatic heterocycles. The highest BCUT2D eigenvalue weighted by Crippen LogP contribution is 2.29. The SMILES string of the molecule is Cc1ccc(NS(=O)(=O)c2c(C)cc(C)c(N)c2C)nc1. The molecule has 0 spiro atoms. The van der Waals surface area contributed by atoms with E-state index in [1.165, 1.54) is 0 Å². The van der Waals surface area contributed by atoms with Gasteiger partial charge in [-0.2, -0.15) is 0 Å². The lowest BCUT2D eigenvalue weighted by atomic mass is 10.1. The Morgan fingerprint density at radius 1 is 1.10 bits per heavy atom. The quantitative estimate of drug-likeness (QED) is 0.854. The van der Waals surface area contributed by atoms with Gasteiger partial charge in [0.1, 0.15) is 5.82 Å². The minimum absolute atomic E-state index is 0.216. The summed E-state index contributed by atoms with van der Waals surface area (Å²) in [6, 6.07) is 5.21. The zero-order chi connectivity index (χ0) is 15.8. The summed E-state index contributed by atoms with van der Waals surface area (Å²) in [6.07, 6.45) is 1.61. The average molecular weight is 305 g/mol. The zero-order valence-corrected chi connectivity index (χ0v) is 13.4. The van der Waals surface area contributed by atoms with Crippen LogP contribution in [-0.2, 0) is 10.0 Å². The second-order valence-corrected chi connectivity index (χ2v) is 6.82. The van der Waals surface area contributed by atoms with E-state index in [4.69, 9.17) is 5.73 Å². The molecule has 0 aliphatic carbocycles. The van der Waals surface area contributed by atoms with E-state index >= 15 is 0 Å². The van der Waals surface area contributed by atoms with Crippen LogP contribution in [-0.4, -0.2) is 13.4 Å². The Bertz CT molecular complexity index is 782. The predicted octanol–water partition coefficient (Wildman–Crippen LogP) is 2.70. The Hall–Kier alpha value is -2.08. The molecule has 0 amide bonds. The molecule has 0 unspecified atom stereocenters. The van der Waals surface area contributed by atoms with Gasteiger partial charge in [0.25, 0.3) is 10.0 Å². The number of sulfonamides is 1. The van der Waals surface area contributed by atoms with Gasteiger partial charge in [-0.1, -0.05) is 12.1 Å². The first-order valence-corrected chi connectivity index (χ1v) is 8.02. The molecular formula is C15H19N3O2S. The lowest BCUT2D eigenvalue weighted by Crippen LogP contribution is -2.17. The van der Waals surface area contributed by atoms with Gasteiger partial charge in [-0.3, -0.25) is 4.72 Å². The maximum absolute atomic E-state index is 12.6. The third kappa shape index (κ3) is 3.00. The van der Waals surface area contributed by atoms with Crippen LogP contribution in [0.1, 0.15) is 22.3 Å². The third-order valence-electron chi connectivity index (χ3n) is 3.38. The van der Waals surface area contributed by atoms with Gasteiger partial charge in [-0.05, 0) is 56.0 Å². The van der Waals surface area contributed by atoms with Crippen molar-refractivity contribution in [1.82, 2.24) is 4.98 Å². The fourth-order valence-corrected chi connectivity index (χ4v) is 3.81. The second kappa shape index (κ2) is 5.37. The number of nitrogen functional groups attached to an aromatic ring is 1. The first kappa shape index (κ1) is 15.3. The van der Waals surface area contributed by atoms with Crippen LogP contribution in [0.4, 0.5) is 11.5 Å². The number of hydrogen-bond donors (Lipinski definition) is 2. The molecule has 0 atom stereocenters. The Morgan fingerprint density at radius 3 is 2.33 bits per heavy atom. The van der Waals surface area contributed by atoms with E-state index in [0.29, 0.717) is 22.6 Å². The van der Waals surface area contributed by atoms with Crippen molar-refractivity contribution in [3.63, 3.8) is 0 Å². The Kier molecular flexibility index (Phi) is 3.91. The number of nitrogens with one attached hydrogen (secondary N) is 1. The molecule has 0 bridgehead atoms. The van der Waals surface area contributed by atoms with Crippen molar-refractivity contribution in [2.24, 2.45) is 0 Å². The van der Waals surface area contributed by atoms with Crippen LogP contribution in [0.5, 0.6) is 0 Å². The maximum atomic E-state index is 12.6. The molecule has 5 nitrogen and oxygen atoms in total. The summed E-state index contributed by atoms with van der Waals surface area (Å²) in [4.78, 5) is 4.28. The summed E-state index contributed by atoms with van der Waals surface area (Å²) in [5, 5.41) is 0. The van der Waals surface area contributed by atoms with Crippen LogP contribution < -0.4 is 10.5 Å². The Morgan fingerprint density at radius 2 is 1.76 bits per heavy atom. The number of nitrogens with zero attached hydrogens (tertiary/aromatic N) is 1. The number of pyridine rings is 1. The third-order valence-corrected chi connectivity index (χ3v) is 5.02. The number of hydrogen-bond acceptors (Lipinski definition) is 4. The van der Waals surface area contributed by atoms with Crippen LogP contribution >= 0.6 is 0 Å². The van der Waals surface area contributed by atoms with Crippen molar-refractivity contribution < 1.29 is 8.42 Å². The Labute approximate surface area is 125 Å². The first-order valence-electron chi connectivity index (χ1n) is 6.54. The molecule has 1 aromatic carbocycles. The lowest BCUT2D eigenvalue weighted by Gasteiger charge is -2.15. The molecule has 0 radical (unpaired) electrons. The molecule has 6 heteroatoms. The monoisotopic (exact) mass is 305 g/mol.